The molecular formula is C19H23N3O3S2. The Hall–Kier alpha value is -1.90. The molecule has 0 saturated carbocycles. The highest BCUT2D eigenvalue weighted by Gasteiger charge is 2.28. The zero-order valence-corrected chi connectivity index (χ0v) is 17.0. The summed E-state index contributed by atoms with van der Waals surface area (Å²) < 4.78 is 28.6. The standard InChI is InChI=1S/C19H23N3O3S2/c1-13-14(18-16(26-2)9-6-12-20-18)7-5-10-17(13)27(24,25)22-15-8-3-4-11-21-19(15)23/h5-7,9-10,12,15,22H,3-4,8,11H2,1-2H3,(H,21,23)/t15-/m1/s1. The van der Waals surface area contributed by atoms with Gasteiger partial charge in [0.2, 0.25) is 15.9 Å². The Kier molecular flexibility index (Phi) is 6.18. The third-order valence-corrected chi connectivity index (χ3v) is 7.04. The molecule has 0 aliphatic carbocycles. The summed E-state index contributed by atoms with van der Waals surface area (Å²) >= 11 is 1.56. The summed E-state index contributed by atoms with van der Waals surface area (Å²) in [5.74, 6) is -0.265. The molecule has 1 amide bonds. The first-order chi connectivity index (χ1) is 12.9. The molecule has 1 aromatic heterocycles. The summed E-state index contributed by atoms with van der Waals surface area (Å²) in [5.41, 5.74) is 2.15. The van der Waals surface area contributed by atoms with Crippen molar-refractivity contribution in [3.63, 3.8) is 0 Å². The molecule has 0 bridgehead atoms. The number of carbonyl (C=O) groups excluding carboxylic acids is 1. The van der Waals surface area contributed by atoms with E-state index in [1.54, 1.807) is 37.0 Å². The molecule has 27 heavy (non-hydrogen) atoms. The highest BCUT2D eigenvalue weighted by molar-refractivity contribution is 7.98. The number of sulfonamides is 1. The molecule has 1 atom stereocenters. The Morgan fingerprint density at radius 3 is 2.81 bits per heavy atom. The molecule has 1 fully saturated rings. The van der Waals surface area contributed by atoms with Crippen molar-refractivity contribution in [2.24, 2.45) is 0 Å². The highest BCUT2D eigenvalue weighted by atomic mass is 32.2. The van der Waals surface area contributed by atoms with Crippen LogP contribution in [-0.2, 0) is 14.8 Å². The lowest BCUT2D eigenvalue weighted by atomic mass is 10.1. The number of pyridine rings is 1. The van der Waals surface area contributed by atoms with E-state index >= 15 is 0 Å². The molecule has 0 spiro atoms. The topological polar surface area (TPSA) is 88.2 Å². The van der Waals surface area contributed by atoms with Crippen LogP contribution in [0.5, 0.6) is 0 Å². The summed E-state index contributed by atoms with van der Waals surface area (Å²) in [4.78, 5) is 17.7. The van der Waals surface area contributed by atoms with Gasteiger partial charge in [0.25, 0.3) is 0 Å². The van der Waals surface area contributed by atoms with Gasteiger partial charge in [-0.15, -0.1) is 11.8 Å². The van der Waals surface area contributed by atoms with Crippen molar-refractivity contribution >= 4 is 27.7 Å². The van der Waals surface area contributed by atoms with Crippen molar-refractivity contribution in [2.75, 3.05) is 12.8 Å². The molecule has 2 heterocycles. The Bertz CT molecular complexity index is 945. The predicted molar refractivity (Wildman–Crippen MR) is 107 cm³/mol. The number of benzene rings is 1. The lowest BCUT2D eigenvalue weighted by molar-refractivity contribution is -0.122. The van der Waals surface area contributed by atoms with Gasteiger partial charge in [-0.2, -0.15) is 4.72 Å². The van der Waals surface area contributed by atoms with Crippen LogP contribution < -0.4 is 10.0 Å². The first-order valence-electron chi connectivity index (χ1n) is 8.83. The number of carbonyl (C=O) groups is 1. The Balaban J connectivity index is 1.98. The summed E-state index contributed by atoms with van der Waals surface area (Å²) in [6.45, 7) is 2.36. The average Bonchev–Trinajstić information content (AvgIpc) is 2.86. The number of hydrogen-bond acceptors (Lipinski definition) is 5. The molecule has 144 valence electrons. The molecule has 1 saturated heterocycles. The summed E-state index contributed by atoms with van der Waals surface area (Å²) in [6.07, 6.45) is 5.82. The van der Waals surface area contributed by atoms with Gasteiger partial charge >= 0.3 is 0 Å². The van der Waals surface area contributed by atoms with Crippen LogP contribution in [0.15, 0.2) is 46.3 Å². The minimum absolute atomic E-state index is 0.176. The first-order valence-corrected chi connectivity index (χ1v) is 11.5. The number of rotatable bonds is 5. The van der Waals surface area contributed by atoms with Crippen LogP contribution >= 0.6 is 11.8 Å². The van der Waals surface area contributed by atoms with Gasteiger partial charge in [0.1, 0.15) is 6.04 Å². The molecule has 2 aromatic rings. The Morgan fingerprint density at radius 2 is 2.04 bits per heavy atom. The second-order valence-electron chi connectivity index (χ2n) is 6.44. The van der Waals surface area contributed by atoms with Gasteiger partial charge in [-0.05, 0) is 56.2 Å². The molecule has 1 aliphatic heterocycles. The molecule has 0 radical (unpaired) electrons. The molecular weight excluding hydrogens is 382 g/mol. The predicted octanol–water partition coefficient (Wildman–Crippen LogP) is 2.73. The van der Waals surface area contributed by atoms with Gasteiger partial charge in [-0.25, -0.2) is 8.42 Å². The third-order valence-electron chi connectivity index (χ3n) is 4.65. The molecule has 6 nitrogen and oxygen atoms in total. The van der Waals surface area contributed by atoms with E-state index in [4.69, 9.17) is 0 Å². The number of nitrogens with zero attached hydrogens (tertiary/aromatic N) is 1. The number of hydrogen-bond donors (Lipinski definition) is 2. The van der Waals surface area contributed by atoms with Gasteiger partial charge in [0.15, 0.2) is 0 Å². The second-order valence-corrected chi connectivity index (χ2v) is 8.97. The van der Waals surface area contributed by atoms with E-state index in [2.05, 4.69) is 15.0 Å². The normalized spacial score (nSPS) is 18.0. The van der Waals surface area contributed by atoms with E-state index in [1.807, 2.05) is 24.5 Å². The minimum Gasteiger partial charge on any atom is -0.355 e. The summed E-state index contributed by atoms with van der Waals surface area (Å²) in [7, 11) is -3.84. The van der Waals surface area contributed by atoms with Crippen molar-refractivity contribution in [2.45, 2.75) is 42.0 Å². The largest absolute Gasteiger partial charge is 0.355 e. The van der Waals surface area contributed by atoms with Crippen molar-refractivity contribution in [1.82, 2.24) is 15.0 Å². The minimum atomic E-state index is -3.84. The van der Waals surface area contributed by atoms with E-state index in [0.717, 1.165) is 29.0 Å². The van der Waals surface area contributed by atoms with Crippen LogP contribution in [0, 0.1) is 6.92 Å². The van der Waals surface area contributed by atoms with Gasteiger partial charge in [-0.3, -0.25) is 9.78 Å². The van der Waals surface area contributed by atoms with Crippen molar-refractivity contribution < 1.29 is 13.2 Å². The van der Waals surface area contributed by atoms with Crippen LogP contribution in [0.4, 0.5) is 0 Å². The maximum atomic E-state index is 13.0. The molecule has 8 heteroatoms. The van der Waals surface area contributed by atoms with Gasteiger partial charge in [0.05, 0.1) is 10.6 Å². The average molecular weight is 406 g/mol. The fourth-order valence-electron chi connectivity index (χ4n) is 3.22. The van der Waals surface area contributed by atoms with Crippen LogP contribution in [0.25, 0.3) is 11.3 Å². The highest BCUT2D eigenvalue weighted by Crippen LogP contribution is 2.32. The maximum absolute atomic E-state index is 13.0. The number of amides is 1. The zero-order chi connectivity index (χ0) is 19.4. The Morgan fingerprint density at radius 1 is 1.22 bits per heavy atom. The molecule has 0 unspecified atom stereocenters. The molecule has 1 aromatic carbocycles. The van der Waals surface area contributed by atoms with Crippen LogP contribution in [0.2, 0.25) is 0 Å². The third kappa shape index (κ3) is 4.34. The van der Waals surface area contributed by atoms with E-state index in [0.29, 0.717) is 18.5 Å². The summed E-state index contributed by atoms with van der Waals surface area (Å²) in [5, 5.41) is 2.76. The lowest BCUT2D eigenvalue weighted by Gasteiger charge is -2.18. The SMILES string of the molecule is CSc1cccnc1-c1cccc(S(=O)(=O)N[C@@H]2CCCCNC2=O)c1C. The van der Waals surface area contributed by atoms with Gasteiger partial charge in [-0.1, -0.05) is 12.1 Å². The van der Waals surface area contributed by atoms with E-state index in [9.17, 15) is 13.2 Å². The second kappa shape index (κ2) is 8.41. The van der Waals surface area contributed by atoms with Gasteiger partial charge < -0.3 is 5.32 Å². The van der Waals surface area contributed by atoms with Crippen LogP contribution in [0.1, 0.15) is 24.8 Å². The number of thioether (sulfide) groups is 1. The van der Waals surface area contributed by atoms with E-state index in [1.165, 1.54) is 0 Å². The number of nitrogens with one attached hydrogen (secondary N) is 2. The monoisotopic (exact) mass is 405 g/mol. The quantitative estimate of drug-likeness (QED) is 0.747. The molecule has 3 rings (SSSR count). The Labute approximate surface area is 164 Å². The smallest absolute Gasteiger partial charge is 0.241 e. The van der Waals surface area contributed by atoms with Crippen LogP contribution in [-0.4, -0.2) is 38.2 Å². The van der Waals surface area contributed by atoms with E-state index < -0.39 is 16.1 Å². The number of aromatic nitrogens is 1. The first kappa shape index (κ1) is 19.9. The van der Waals surface area contributed by atoms with Gasteiger partial charge in [0, 0.05) is 23.2 Å². The fourth-order valence-corrected chi connectivity index (χ4v) is 5.29. The van der Waals surface area contributed by atoms with Crippen molar-refractivity contribution in [1.29, 1.82) is 0 Å². The molecule has 1 aliphatic rings. The molecule has 2 N–H and O–H groups in total. The lowest BCUT2D eigenvalue weighted by Crippen LogP contribution is -2.45. The van der Waals surface area contributed by atoms with Crippen LogP contribution in [0.3, 0.4) is 0 Å². The fraction of sp³-hybridized carbons (Fsp3) is 0.368. The summed E-state index contributed by atoms with van der Waals surface area (Å²) in [6, 6.07) is 8.23. The van der Waals surface area contributed by atoms with Crippen molar-refractivity contribution in [3.8, 4) is 11.3 Å². The van der Waals surface area contributed by atoms with Crippen molar-refractivity contribution in [3.05, 3.63) is 42.1 Å². The zero-order valence-electron chi connectivity index (χ0n) is 15.4. The van der Waals surface area contributed by atoms with E-state index in [-0.39, 0.29) is 10.8 Å². The maximum Gasteiger partial charge on any atom is 0.241 e.